The zero-order chi connectivity index (χ0) is 25.9. The molecule has 3 aromatic carbocycles. The Morgan fingerprint density at radius 1 is 1.00 bits per heavy atom. The lowest BCUT2D eigenvalue weighted by Gasteiger charge is -2.10. The normalized spacial score (nSPS) is 10.5. The van der Waals surface area contributed by atoms with Crippen molar-refractivity contribution in [3.63, 3.8) is 0 Å². The number of halogens is 1. The number of hydrogen-bond donors (Lipinski definition) is 2. The van der Waals surface area contributed by atoms with E-state index in [1.54, 1.807) is 66.7 Å². The van der Waals surface area contributed by atoms with Crippen LogP contribution >= 0.6 is 11.6 Å². The first kappa shape index (κ1) is 26.2. The Balaban J connectivity index is 1.54. The molecule has 0 aromatic heterocycles. The van der Waals surface area contributed by atoms with Gasteiger partial charge in [0.15, 0.2) is 11.5 Å². The van der Waals surface area contributed by atoms with Crippen LogP contribution in [0.15, 0.2) is 71.8 Å². The molecule has 0 atom stereocenters. The Hall–Kier alpha value is -4.37. The molecule has 36 heavy (non-hydrogen) atoms. The Morgan fingerprint density at radius 2 is 1.75 bits per heavy atom. The maximum absolute atomic E-state index is 12.5. The van der Waals surface area contributed by atoms with Gasteiger partial charge in [-0.3, -0.25) is 9.59 Å². The van der Waals surface area contributed by atoms with Crippen LogP contribution in [0.1, 0.15) is 33.2 Å². The van der Waals surface area contributed by atoms with Crippen LogP contribution in [-0.2, 0) is 4.79 Å². The summed E-state index contributed by atoms with van der Waals surface area (Å²) < 4.78 is 16.1. The number of methoxy groups -OCH3 is 1. The van der Waals surface area contributed by atoms with Gasteiger partial charge in [0.1, 0.15) is 5.75 Å². The van der Waals surface area contributed by atoms with Gasteiger partial charge in [-0.05, 0) is 67.1 Å². The molecule has 3 aromatic rings. The van der Waals surface area contributed by atoms with Gasteiger partial charge in [0.25, 0.3) is 11.8 Å². The molecule has 0 aliphatic heterocycles. The van der Waals surface area contributed by atoms with Crippen LogP contribution < -0.4 is 25.0 Å². The molecule has 0 aliphatic carbocycles. The number of benzene rings is 3. The smallest absolute Gasteiger partial charge is 0.343 e. The molecule has 0 radical (unpaired) electrons. The third-order valence-electron chi connectivity index (χ3n) is 4.72. The van der Waals surface area contributed by atoms with Crippen molar-refractivity contribution in [1.82, 2.24) is 10.7 Å². The van der Waals surface area contributed by atoms with Crippen LogP contribution in [0.4, 0.5) is 0 Å². The van der Waals surface area contributed by atoms with Gasteiger partial charge >= 0.3 is 5.97 Å². The quantitative estimate of drug-likeness (QED) is 0.186. The summed E-state index contributed by atoms with van der Waals surface area (Å²) in [4.78, 5) is 36.6. The SMILES string of the molecule is CCOc1ccc(C(=O)Oc2ccc(/C=N\NC(=O)CNC(=O)c3ccccc3Cl)cc2OC)cc1. The van der Waals surface area contributed by atoms with Gasteiger partial charge in [0, 0.05) is 0 Å². The first-order valence-electron chi connectivity index (χ1n) is 10.9. The van der Waals surface area contributed by atoms with E-state index in [2.05, 4.69) is 15.8 Å². The second-order valence-corrected chi connectivity index (χ2v) is 7.62. The van der Waals surface area contributed by atoms with E-state index in [1.165, 1.54) is 13.3 Å². The molecular weight excluding hydrogens is 486 g/mol. The fourth-order valence-corrected chi connectivity index (χ4v) is 3.20. The molecule has 0 saturated carbocycles. The van der Waals surface area contributed by atoms with E-state index >= 15 is 0 Å². The van der Waals surface area contributed by atoms with Crippen LogP contribution in [0.2, 0.25) is 5.02 Å². The lowest BCUT2D eigenvalue weighted by atomic mass is 10.2. The van der Waals surface area contributed by atoms with Crippen LogP contribution in [0, 0.1) is 0 Å². The second-order valence-electron chi connectivity index (χ2n) is 7.21. The van der Waals surface area contributed by atoms with Crippen molar-refractivity contribution >= 4 is 35.6 Å². The Morgan fingerprint density at radius 3 is 2.44 bits per heavy atom. The third-order valence-corrected chi connectivity index (χ3v) is 5.05. The van der Waals surface area contributed by atoms with E-state index in [9.17, 15) is 14.4 Å². The van der Waals surface area contributed by atoms with Crippen molar-refractivity contribution in [2.75, 3.05) is 20.3 Å². The molecule has 0 fully saturated rings. The molecule has 9 nitrogen and oxygen atoms in total. The maximum atomic E-state index is 12.5. The van der Waals surface area contributed by atoms with E-state index in [4.69, 9.17) is 25.8 Å². The minimum atomic E-state index is -0.552. The molecule has 0 heterocycles. The van der Waals surface area contributed by atoms with Crippen molar-refractivity contribution in [2.24, 2.45) is 5.10 Å². The molecule has 0 saturated heterocycles. The Bertz CT molecular complexity index is 1260. The lowest BCUT2D eigenvalue weighted by molar-refractivity contribution is -0.120. The summed E-state index contributed by atoms with van der Waals surface area (Å²) in [6, 6.07) is 17.9. The summed E-state index contributed by atoms with van der Waals surface area (Å²) in [5.74, 6) is -0.370. The van der Waals surface area contributed by atoms with Crippen molar-refractivity contribution in [3.8, 4) is 17.2 Å². The van der Waals surface area contributed by atoms with Gasteiger partial charge in [-0.2, -0.15) is 5.10 Å². The minimum absolute atomic E-state index is 0.222. The van der Waals surface area contributed by atoms with Gasteiger partial charge in [-0.1, -0.05) is 23.7 Å². The van der Waals surface area contributed by atoms with Gasteiger partial charge in [-0.25, -0.2) is 10.2 Å². The summed E-state index contributed by atoms with van der Waals surface area (Å²) in [7, 11) is 1.44. The number of hydrogen-bond acceptors (Lipinski definition) is 7. The van der Waals surface area contributed by atoms with Crippen LogP contribution in [0.5, 0.6) is 17.2 Å². The Kier molecular flexibility index (Phi) is 9.41. The van der Waals surface area contributed by atoms with E-state index in [0.29, 0.717) is 29.2 Å². The number of amides is 2. The second kappa shape index (κ2) is 12.9. The van der Waals surface area contributed by atoms with Gasteiger partial charge in [0.2, 0.25) is 0 Å². The molecule has 0 unspecified atom stereocenters. The number of carbonyl (C=O) groups excluding carboxylic acids is 3. The van der Waals surface area contributed by atoms with Gasteiger partial charge in [0.05, 0.1) is 42.6 Å². The largest absolute Gasteiger partial charge is 0.494 e. The number of ether oxygens (including phenoxy) is 3. The summed E-state index contributed by atoms with van der Waals surface area (Å²) in [6.07, 6.45) is 1.38. The van der Waals surface area contributed by atoms with Crippen molar-refractivity contribution < 1.29 is 28.6 Å². The van der Waals surface area contributed by atoms with Crippen molar-refractivity contribution in [2.45, 2.75) is 6.92 Å². The maximum Gasteiger partial charge on any atom is 0.343 e. The molecular formula is C26H24ClN3O6. The molecule has 2 amide bonds. The number of nitrogens with one attached hydrogen (secondary N) is 2. The van der Waals surface area contributed by atoms with E-state index in [-0.39, 0.29) is 22.9 Å². The standard InChI is InChI=1S/C26H24ClN3O6/c1-3-35-19-11-9-18(10-12-19)26(33)36-22-13-8-17(14-23(22)34-2)15-29-30-24(31)16-28-25(32)20-6-4-5-7-21(20)27/h4-15H,3,16H2,1-2H3,(H,28,32)(H,30,31)/b29-15-. The van der Waals surface area contributed by atoms with Crippen molar-refractivity contribution in [3.05, 3.63) is 88.4 Å². The van der Waals surface area contributed by atoms with Gasteiger partial charge < -0.3 is 19.5 Å². The predicted octanol–water partition coefficient (Wildman–Crippen LogP) is 3.85. The number of nitrogens with zero attached hydrogens (tertiary/aromatic N) is 1. The molecule has 0 aliphatic rings. The summed E-state index contributed by atoms with van der Waals surface area (Å²) in [6.45, 7) is 2.12. The summed E-state index contributed by atoms with van der Waals surface area (Å²) in [5, 5.41) is 6.63. The zero-order valence-corrected chi connectivity index (χ0v) is 20.4. The zero-order valence-electron chi connectivity index (χ0n) is 19.6. The fraction of sp³-hybridized carbons (Fsp3) is 0.154. The fourth-order valence-electron chi connectivity index (χ4n) is 2.98. The van der Waals surface area contributed by atoms with Gasteiger partial charge in [-0.15, -0.1) is 0 Å². The first-order chi connectivity index (χ1) is 17.4. The monoisotopic (exact) mass is 509 g/mol. The predicted molar refractivity (Wildman–Crippen MR) is 135 cm³/mol. The number of esters is 1. The van der Waals surface area contributed by atoms with E-state index < -0.39 is 17.8 Å². The third kappa shape index (κ3) is 7.31. The van der Waals surface area contributed by atoms with Crippen LogP contribution in [0.3, 0.4) is 0 Å². The summed E-state index contributed by atoms with van der Waals surface area (Å²) in [5.41, 5.74) is 3.52. The van der Waals surface area contributed by atoms with E-state index in [0.717, 1.165) is 0 Å². The highest BCUT2D eigenvalue weighted by molar-refractivity contribution is 6.33. The highest BCUT2D eigenvalue weighted by Crippen LogP contribution is 2.28. The molecule has 0 spiro atoms. The van der Waals surface area contributed by atoms with Crippen LogP contribution in [0.25, 0.3) is 0 Å². The molecule has 0 bridgehead atoms. The Labute approximate surface area is 213 Å². The highest BCUT2D eigenvalue weighted by atomic mass is 35.5. The molecule has 10 heteroatoms. The highest BCUT2D eigenvalue weighted by Gasteiger charge is 2.14. The summed E-state index contributed by atoms with van der Waals surface area (Å²) >= 11 is 5.97. The molecule has 3 rings (SSSR count). The lowest BCUT2D eigenvalue weighted by Crippen LogP contribution is -2.35. The molecule has 186 valence electrons. The average Bonchev–Trinajstić information content (AvgIpc) is 2.89. The van der Waals surface area contributed by atoms with E-state index in [1.807, 2.05) is 6.92 Å². The number of carbonyl (C=O) groups is 3. The topological polar surface area (TPSA) is 115 Å². The van der Waals surface area contributed by atoms with Crippen molar-refractivity contribution in [1.29, 1.82) is 0 Å². The first-order valence-corrected chi connectivity index (χ1v) is 11.3. The minimum Gasteiger partial charge on any atom is -0.494 e. The number of hydrazone groups is 1. The average molecular weight is 510 g/mol. The molecule has 2 N–H and O–H groups in total. The number of rotatable bonds is 10. The van der Waals surface area contributed by atoms with Crippen LogP contribution in [-0.4, -0.2) is 44.3 Å².